The molecule has 1 aliphatic rings. The Morgan fingerprint density at radius 1 is 1.53 bits per heavy atom. The van der Waals surface area contributed by atoms with Gasteiger partial charge < -0.3 is 10.6 Å². The first-order chi connectivity index (χ1) is 9.11. The first-order valence-corrected chi connectivity index (χ1v) is 8.68. The summed E-state index contributed by atoms with van der Waals surface area (Å²) in [7, 11) is 2.15. The van der Waals surface area contributed by atoms with Gasteiger partial charge in [0.25, 0.3) is 0 Å². The third kappa shape index (κ3) is 4.16. The normalized spacial score (nSPS) is 18.4. The number of nitrogens with two attached hydrogens (primary N) is 1. The molecule has 108 valence electrons. The van der Waals surface area contributed by atoms with E-state index in [-0.39, 0.29) is 6.04 Å². The Kier molecular flexibility index (Phi) is 6.11. The predicted octanol–water partition coefficient (Wildman–Crippen LogP) is 3.19. The molecule has 3 nitrogen and oxygen atoms in total. The zero-order valence-electron chi connectivity index (χ0n) is 11.2. The zero-order chi connectivity index (χ0) is 13.8. The van der Waals surface area contributed by atoms with Gasteiger partial charge in [-0.25, -0.2) is 0 Å². The van der Waals surface area contributed by atoms with Crippen LogP contribution in [-0.2, 0) is 0 Å². The summed E-state index contributed by atoms with van der Waals surface area (Å²) in [5.41, 5.74) is 5.94. The molecular formula is C13H21BrClN3S. The minimum absolute atomic E-state index is 0.261. The van der Waals surface area contributed by atoms with E-state index >= 15 is 0 Å². The van der Waals surface area contributed by atoms with Crippen LogP contribution < -0.4 is 5.73 Å². The topological polar surface area (TPSA) is 32.5 Å². The molecule has 2 heterocycles. The van der Waals surface area contributed by atoms with Crippen LogP contribution in [0.5, 0.6) is 0 Å². The maximum absolute atomic E-state index is 6.12. The van der Waals surface area contributed by atoms with Crippen molar-refractivity contribution in [3.05, 3.63) is 19.8 Å². The Hall–Kier alpha value is 0.350. The second kappa shape index (κ2) is 7.38. The highest BCUT2D eigenvalue weighted by atomic mass is 79.9. The van der Waals surface area contributed by atoms with Gasteiger partial charge in [-0.15, -0.1) is 11.3 Å². The molecule has 2 rings (SSSR count). The van der Waals surface area contributed by atoms with Crippen LogP contribution in [0.15, 0.2) is 10.5 Å². The fourth-order valence-corrected chi connectivity index (χ4v) is 4.42. The predicted molar refractivity (Wildman–Crippen MR) is 87.1 cm³/mol. The highest BCUT2D eigenvalue weighted by Crippen LogP contribution is 2.36. The smallest absolute Gasteiger partial charge is 0.107 e. The van der Waals surface area contributed by atoms with Gasteiger partial charge >= 0.3 is 0 Å². The van der Waals surface area contributed by atoms with Gasteiger partial charge in [0.15, 0.2) is 0 Å². The lowest BCUT2D eigenvalue weighted by atomic mass is 10.2. The number of nitrogens with zero attached hydrogens (tertiary/aromatic N) is 2. The van der Waals surface area contributed by atoms with Gasteiger partial charge in [-0.05, 0) is 55.0 Å². The Balaban J connectivity index is 1.92. The number of rotatable bonds is 6. The Labute approximate surface area is 132 Å². The highest BCUT2D eigenvalue weighted by Gasteiger charge is 2.20. The average Bonchev–Trinajstić information content (AvgIpc) is 2.99. The van der Waals surface area contributed by atoms with Crippen LogP contribution in [0, 0.1) is 0 Å². The van der Waals surface area contributed by atoms with Gasteiger partial charge in [0.1, 0.15) is 4.34 Å². The molecule has 0 radical (unpaired) electrons. The molecule has 1 saturated heterocycles. The standard InChI is InChI=1S/C13H21BrClN3S/c1-17(6-7-18-4-2-3-5-18)11(9-16)12-8-10(14)13(15)19-12/h8,11H,2-7,9,16H2,1H3. The third-order valence-corrected chi connectivity index (χ3v) is 6.29. The molecule has 0 aliphatic carbocycles. The van der Waals surface area contributed by atoms with Crippen molar-refractivity contribution in [2.24, 2.45) is 5.73 Å². The minimum atomic E-state index is 0.261. The second-order valence-corrected chi connectivity index (χ2v) is 7.59. The molecule has 1 aliphatic heterocycles. The van der Waals surface area contributed by atoms with E-state index in [0.29, 0.717) is 6.54 Å². The van der Waals surface area contributed by atoms with Crippen molar-refractivity contribution in [2.45, 2.75) is 18.9 Å². The first kappa shape index (κ1) is 15.7. The Morgan fingerprint density at radius 2 is 2.21 bits per heavy atom. The number of halogens is 2. The quantitative estimate of drug-likeness (QED) is 0.839. The molecule has 0 spiro atoms. The van der Waals surface area contributed by atoms with Crippen LogP contribution in [0.4, 0.5) is 0 Å². The van der Waals surface area contributed by atoms with Crippen molar-refractivity contribution in [3.8, 4) is 0 Å². The summed E-state index contributed by atoms with van der Waals surface area (Å²) < 4.78 is 1.78. The van der Waals surface area contributed by atoms with Crippen molar-refractivity contribution >= 4 is 38.9 Å². The van der Waals surface area contributed by atoms with Crippen molar-refractivity contribution in [1.82, 2.24) is 9.80 Å². The number of likely N-dealkylation sites (tertiary alicyclic amines) is 1. The van der Waals surface area contributed by atoms with Crippen LogP contribution >= 0.6 is 38.9 Å². The summed E-state index contributed by atoms with van der Waals surface area (Å²) in [6, 6.07) is 2.35. The van der Waals surface area contributed by atoms with Crippen molar-refractivity contribution in [2.75, 3.05) is 39.8 Å². The van der Waals surface area contributed by atoms with Gasteiger partial charge in [0.05, 0.1) is 6.04 Å². The number of thiophene rings is 1. The summed E-state index contributed by atoms with van der Waals surface area (Å²) in [5, 5.41) is 0. The van der Waals surface area contributed by atoms with E-state index in [1.165, 1.54) is 30.8 Å². The average molecular weight is 367 g/mol. The first-order valence-electron chi connectivity index (χ1n) is 6.69. The van der Waals surface area contributed by atoms with Gasteiger partial charge in [-0.1, -0.05) is 11.6 Å². The fraction of sp³-hybridized carbons (Fsp3) is 0.692. The van der Waals surface area contributed by atoms with E-state index in [9.17, 15) is 0 Å². The fourth-order valence-electron chi connectivity index (χ4n) is 2.50. The number of likely N-dealkylation sites (N-methyl/N-ethyl adjacent to an activating group) is 1. The van der Waals surface area contributed by atoms with Crippen molar-refractivity contribution in [3.63, 3.8) is 0 Å². The van der Waals surface area contributed by atoms with Gasteiger partial charge in [-0.3, -0.25) is 4.90 Å². The second-order valence-electron chi connectivity index (χ2n) is 5.05. The van der Waals surface area contributed by atoms with E-state index in [4.69, 9.17) is 17.3 Å². The molecule has 1 unspecified atom stereocenters. The van der Waals surface area contributed by atoms with Crippen LogP contribution in [0.2, 0.25) is 4.34 Å². The number of hydrogen-bond donors (Lipinski definition) is 1. The highest BCUT2D eigenvalue weighted by molar-refractivity contribution is 9.10. The van der Waals surface area contributed by atoms with Crippen molar-refractivity contribution in [1.29, 1.82) is 0 Å². The lowest BCUT2D eigenvalue weighted by molar-refractivity contribution is 0.211. The third-order valence-electron chi connectivity index (χ3n) is 3.72. The van der Waals surface area contributed by atoms with E-state index < -0.39 is 0 Å². The van der Waals surface area contributed by atoms with Crippen LogP contribution in [-0.4, -0.2) is 49.6 Å². The Morgan fingerprint density at radius 3 is 2.74 bits per heavy atom. The maximum Gasteiger partial charge on any atom is 0.107 e. The number of hydrogen-bond acceptors (Lipinski definition) is 4. The summed E-state index contributed by atoms with van der Waals surface area (Å²) in [5.74, 6) is 0. The lowest BCUT2D eigenvalue weighted by Gasteiger charge is -2.28. The molecule has 1 aromatic heterocycles. The van der Waals surface area contributed by atoms with E-state index in [1.807, 2.05) is 0 Å². The minimum Gasteiger partial charge on any atom is -0.329 e. The molecule has 0 saturated carbocycles. The molecule has 1 fully saturated rings. The maximum atomic E-state index is 6.12. The molecule has 6 heteroatoms. The summed E-state index contributed by atoms with van der Waals surface area (Å²) >= 11 is 11.2. The Bertz CT molecular complexity index is 387. The SMILES string of the molecule is CN(CCN1CCCC1)C(CN)c1cc(Br)c(Cl)s1. The summed E-state index contributed by atoms with van der Waals surface area (Å²) in [6.45, 7) is 5.30. The van der Waals surface area contributed by atoms with Gasteiger partial charge in [0.2, 0.25) is 0 Å². The molecular weight excluding hydrogens is 346 g/mol. The van der Waals surface area contributed by atoms with Crippen LogP contribution in [0.1, 0.15) is 23.8 Å². The molecule has 2 N–H and O–H groups in total. The molecule has 0 bridgehead atoms. The monoisotopic (exact) mass is 365 g/mol. The van der Waals surface area contributed by atoms with Crippen LogP contribution in [0.3, 0.4) is 0 Å². The van der Waals surface area contributed by atoms with E-state index in [1.54, 1.807) is 11.3 Å². The van der Waals surface area contributed by atoms with Gasteiger partial charge in [-0.2, -0.15) is 0 Å². The molecule has 19 heavy (non-hydrogen) atoms. The van der Waals surface area contributed by atoms with Crippen molar-refractivity contribution < 1.29 is 0 Å². The largest absolute Gasteiger partial charge is 0.329 e. The molecule has 1 atom stereocenters. The van der Waals surface area contributed by atoms with Crippen LogP contribution in [0.25, 0.3) is 0 Å². The molecule has 0 aromatic carbocycles. The summed E-state index contributed by atoms with van der Waals surface area (Å²) in [4.78, 5) is 6.11. The van der Waals surface area contributed by atoms with Gasteiger partial charge in [0, 0.05) is 29.0 Å². The lowest BCUT2D eigenvalue weighted by Crippen LogP contribution is -2.36. The van der Waals surface area contributed by atoms with E-state index in [2.05, 4.69) is 38.8 Å². The van der Waals surface area contributed by atoms with E-state index in [0.717, 1.165) is 21.9 Å². The molecule has 0 amide bonds. The summed E-state index contributed by atoms with van der Waals surface area (Å²) in [6.07, 6.45) is 2.69. The molecule has 1 aromatic rings. The zero-order valence-corrected chi connectivity index (χ0v) is 14.4.